The second kappa shape index (κ2) is 16.0. The molecule has 4 aromatic rings. The summed E-state index contributed by atoms with van der Waals surface area (Å²) in [4.78, 5) is 30.6. The van der Waals surface area contributed by atoms with Crippen molar-refractivity contribution in [3.63, 3.8) is 0 Å². The predicted molar refractivity (Wildman–Crippen MR) is 193 cm³/mol. The molecule has 5 rings (SSSR count). The van der Waals surface area contributed by atoms with Crippen molar-refractivity contribution in [3.8, 4) is 0 Å². The third-order valence-electron chi connectivity index (χ3n) is 8.86. The van der Waals surface area contributed by atoms with Gasteiger partial charge >= 0.3 is 0 Å². The van der Waals surface area contributed by atoms with Gasteiger partial charge in [-0.25, -0.2) is 8.42 Å². The quantitative estimate of drug-likeness (QED) is 0.162. The summed E-state index contributed by atoms with van der Waals surface area (Å²) in [6.45, 7) is 3.03. The number of anilines is 1. The van der Waals surface area contributed by atoms with Gasteiger partial charge in [0.25, 0.3) is 10.0 Å². The largest absolute Gasteiger partial charge is 0.352 e. The Morgan fingerprint density at radius 1 is 0.833 bits per heavy atom. The van der Waals surface area contributed by atoms with Gasteiger partial charge in [-0.15, -0.1) is 0 Å². The van der Waals surface area contributed by atoms with E-state index in [4.69, 9.17) is 23.2 Å². The monoisotopic (exact) mass is 705 g/mol. The first-order valence-electron chi connectivity index (χ1n) is 16.3. The SMILES string of the molecule is Cc1ccc(C)c(N(CC(=O)N(Cc2c(Cl)cccc2Cl)C(Cc2ccccc2)C(=O)NC2CCCCC2)S(=O)(=O)c2ccccc2)c1. The van der Waals surface area contributed by atoms with Gasteiger partial charge in [0.05, 0.1) is 10.6 Å². The van der Waals surface area contributed by atoms with Crippen LogP contribution in [0.1, 0.15) is 54.4 Å². The summed E-state index contributed by atoms with van der Waals surface area (Å²) in [6, 6.07) is 27.1. The lowest BCUT2D eigenvalue weighted by Gasteiger charge is -2.35. The summed E-state index contributed by atoms with van der Waals surface area (Å²) in [5, 5.41) is 3.90. The second-order valence-corrected chi connectivity index (χ2v) is 15.1. The van der Waals surface area contributed by atoms with E-state index in [2.05, 4.69) is 5.32 Å². The van der Waals surface area contributed by atoms with Crippen molar-refractivity contribution >= 4 is 50.7 Å². The van der Waals surface area contributed by atoms with E-state index in [1.807, 2.05) is 56.3 Å². The van der Waals surface area contributed by atoms with Gasteiger partial charge in [0.1, 0.15) is 12.6 Å². The minimum atomic E-state index is -4.21. The van der Waals surface area contributed by atoms with E-state index in [-0.39, 0.29) is 29.8 Å². The Kier molecular flexibility index (Phi) is 11.8. The number of hydrogen-bond donors (Lipinski definition) is 1. The van der Waals surface area contributed by atoms with Crippen LogP contribution in [0.4, 0.5) is 5.69 Å². The highest BCUT2D eigenvalue weighted by molar-refractivity contribution is 7.92. The van der Waals surface area contributed by atoms with Gasteiger partial charge in [0, 0.05) is 34.6 Å². The van der Waals surface area contributed by atoms with Gasteiger partial charge in [0.2, 0.25) is 11.8 Å². The van der Waals surface area contributed by atoms with Crippen LogP contribution in [-0.4, -0.2) is 43.8 Å². The van der Waals surface area contributed by atoms with Crippen molar-refractivity contribution in [2.24, 2.45) is 0 Å². The van der Waals surface area contributed by atoms with Gasteiger partial charge in [-0.05, 0) is 73.7 Å². The minimum absolute atomic E-state index is 0.00437. The van der Waals surface area contributed by atoms with E-state index in [0.717, 1.165) is 47.5 Å². The van der Waals surface area contributed by atoms with Crippen molar-refractivity contribution in [2.75, 3.05) is 10.8 Å². The molecular formula is C38H41Cl2N3O4S. The van der Waals surface area contributed by atoms with Gasteiger partial charge in [-0.3, -0.25) is 13.9 Å². The molecular weight excluding hydrogens is 665 g/mol. The molecule has 1 N–H and O–H groups in total. The van der Waals surface area contributed by atoms with Crippen LogP contribution in [-0.2, 0) is 32.6 Å². The third kappa shape index (κ3) is 8.59. The maximum absolute atomic E-state index is 14.8. The fourth-order valence-corrected chi connectivity index (χ4v) is 8.18. The van der Waals surface area contributed by atoms with Crippen molar-refractivity contribution in [1.29, 1.82) is 0 Å². The molecule has 1 aliphatic carbocycles. The lowest BCUT2D eigenvalue weighted by Crippen LogP contribution is -2.55. The number of carbonyl (C=O) groups is 2. The molecule has 2 amide bonds. The van der Waals surface area contributed by atoms with Gasteiger partial charge in [-0.1, -0.05) is 109 Å². The van der Waals surface area contributed by atoms with E-state index in [1.54, 1.807) is 42.5 Å². The molecule has 0 bridgehead atoms. The number of hydrogen-bond acceptors (Lipinski definition) is 4. The summed E-state index contributed by atoms with van der Waals surface area (Å²) in [7, 11) is -4.21. The van der Waals surface area contributed by atoms with Gasteiger partial charge < -0.3 is 10.2 Å². The number of halogens is 2. The lowest BCUT2D eigenvalue weighted by molar-refractivity contribution is -0.140. The highest BCUT2D eigenvalue weighted by Gasteiger charge is 2.36. The van der Waals surface area contributed by atoms with Crippen LogP contribution >= 0.6 is 23.2 Å². The molecule has 0 spiro atoms. The van der Waals surface area contributed by atoms with Crippen molar-refractivity contribution in [3.05, 3.63) is 129 Å². The Morgan fingerprint density at radius 2 is 1.46 bits per heavy atom. The number of sulfonamides is 1. The zero-order valence-electron chi connectivity index (χ0n) is 27.2. The van der Waals surface area contributed by atoms with E-state index >= 15 is 0 Å². The molecule has 0 aromatic heterocycles. The smallest absolute Gasteiger partial charge is 0.264 e. The molecule has 1 atom stereocenters. The van der Waals surface area contributed by atoms with E-state index < -0.39 is 28.5 Å². The van der Waals surface area contributed by atoms with Crippen LogP contribution in [0.5, 0.6) is 0 Å². The maximum Gasteiger partial charge on any atom is 0.264 e. The third-order valence-corrected chi connectivity index (χ3v) is 11.3. The molecule has 10 heteroatoms. The average Bonchev–Trinajstić information content (AvgIpc) is 3.08. The van der Waals surface area contributed by atoms with Crippen LogP contribution in [0, 0.1) is 13.8 Å². The summed E-state index contributed by atoms with van der Waals surface area (Å²) < 4.78 is 29.8. The standard InChI is InChI=1S/C38H41Cl2N3O4S/c1-27-21-22-28(2)35(23-27)43(48(46,47)31-17-10-5-11-18-31)26-37(44)42(25-32-33(39)19-12-20-34(32)40)36(24-29-13-6-3-7-14-29)38(45)41-30-15-8-4-9-16-30/h3,5-7,10-14,17-23,30,36H,4,8-9,15-16,24-26H2,1-2H3,(H,41,45). The molecule has 0 heterocycles. The Labute approximate surface area is 293 Å². The minimum Gasteiger partial charge on any atom is -0.352 e. The zero-order valence-corrected chi connectivity index (χ0v) is 29.6. The van der Waals surface area contributed by atoms with E-state index in [0.29, 0.717) is 26.9 Å². The molecule has 1 fully saturated rings. The number of carbonyl (C=O) groups excluding carboxylic acids is 2. The fourth-order valence-electron chi connectivity index (χ4n) is 6.17. The fraction of sp³-hybridized carbons (Fsp3) is 0.316. The van der Waals surface area contributed by atoms with Crippen molar-refractivity contribution in [1.82, 2.24) is 10.2 Å². The number of benzene rings is 4. The highest BCUT2D eigenvalue weighted by atomic mass is 35.5. The normalized spacial score (nSPS) is 14.2. The van der Waals surface area contributed by atoms with Gasteiger partial charge in [0.15, 0.2) is 0 Å². The van der Waals surface area contributed by atoms with Crippen molar-refractivity contribution < 1.29 is 18.0 Å². The Balaban J connectivity index is 1.61. The average molecular weight is 707 g/mol. The second-order valence-electron chi connectivity index (χ2n) is 12.4. The molecule has 1 aliphatic rings. The first-order valence-corrected chi connectivity index (χ1v) is 18.5. The zero-order chi connectivity index (χ0) is 34.3. The van der Waals surface area contributed by atoms with E-state index in [1.165, 1.54) is 17.0 Å². The summed E-state index contributed by atoms with van der Waals surface area (Å²) in [5.41, 5.74) is 3.23. The summed E-state index contributed by atoms with van der Waals surface area (Å²) in [5.74, 6) is -0.863. The Bertz CT molecular complexity index is 1810. The van der Waals surface area contributed by atoms with Crippen LogP contribution in [0.15, 0.2) is 102 Å². The number of nitrogens with one attached hydrogen (secondary N) is 1. The molecule has 0 aliphatic heterocycles. The first kappa shape index (κ1) is 35.5. The van der Waals surface area contributed by atoms with Crippen LogP contribution < -0.4 is 9.62 Å². The number of nitrogens with zero attached hydrogens (tertiary/aromatic N) is 2. The van der Waals surface area contributed by atoms with Crippen molar-refractivity contribution in [2.45, 2.75) is 75.9 Å². The molecule has 4 aromatic carbocycles. The van der Waals surface area contributed by atoms with Crippen LogP contribution in [0.2, 0.25) is 10.0 Å². The van der Waals surface area contributed by atoms with Crippen LogP contribution in [0.3, 0.4) is 0 Å². The van der Waals surface area contributed by atoms with Crippen LogP contribution in [0.25, 0.3) is 0 Å². The highest BCUT2D eigenvalue weighted by Crippen LogP contribution is 2.31. The summed E-state index contributed by atoms with van der Waals surface area (Å²) >= 11 is 13.3. The molecule has 0 radical (unpaired) electrons. The molecule has 0 saturated heterocycles. The number of rotatable bonds is 12. The lowest BCUT2D eigenvalue weighted by atomic mass is 9.94. The molecule has 1 saturated carbocycles. The summed E-state index contributed by atoms with van der Waals surface area (Å²) in [6.07, 6.45) is 5.11. The molecule has 48 heavy (non-hydrogen) atoms. The predicted octanol–water partition coefficient (Wildman–Crippen LogP) is 7.89. The molecule has 7 nitrogen and oxygen atoms in total. The first-order chi connectivity index (χ1) is 23.0. The number of amides is 2. The molecule has 1 unspecified atom stereocenters. The van der Waals surface area contributed by atoms with E-state index in [9.17, 15) is 18.0 Å². The topological polar surface area (TPSA) is 86.8 Å². The Hall–Kier alpha value is -3.85. The molecule has 252 valence electrons. The Morgan fingerprint density at radius 3 is 2.10 bits per heavy atom. The van der Waals surface area contributed by atoms with Gasteiger partial charge in [-0.2, -0.15) is 0 Å². The number of aryl methyl sites for hydroxylation is 2. The maximum atomic E-state index is 14.8.